The Kier molecular flexibility index (Phi) is 4.38. The highest BCUT2D eigenvalue weighted by Crippen LogP contribution is 2.32. The summed E-state index contributed by atoms with van der Waals surface area (Å²) < 4.78 is 0. The first-order chi connectivity index (χ1) is 4.88. The Balaban J connectivity index is 3.96. The largest absolute Gasteiger partial charge is 0.0722 e. The lowest BCUT2D eigenvalue weighted by Gasteiger charge is -2.30. The quantitative estimate of drug-likeness (QED) is 0.571. The maximum Gasteiger partial charge on any atom is 0.0308 e. The average molecular weight is 172 g/mol. The monoisotopic (exact) mass is 172 g/mol. The van der Waals surface area contributed by atoms with Crippen molar-refractivity contribution < 1.29 is 0 Å². The van der Waals surface area contributed by atoms with Crippen molar-refractivity contribution in [2.45, 2.75) is 53.3 Å². The van der Waals surface area contributed by atoms with Gasteiger partial charge in [-0.3, -0.25) is 0 Å². The van der Waals surface area contributed by atoms with Crippen LogP contribution < -0.4 is 0 Å². The summed E-state index contributed by atoms with van der Waals surface area (Å²) in [7, 11) is -0.346. The van der Waals surface area contributed by atoms with Crippen LogP contribution in [0.5, 0.6) is 0 Å². The summed E-state index contributed by atoms with van der Waals surface area (Å²) >= 11 is 0. The van der Waals surface area contributed by atoms with Gasteiger partial charge >= 0.3 is 0 Å². The third-order valence-electron chi connectivity index (χ3n) is 2.47. The Morgan fingerprint density at radius 2 is 1.64 bits per heavy atom. The molecule has 0 aliphatic rings. The fraction of sp³-hybridized carbons (Fsp3) is 1.00. The molecule has 0 spiro atoms. The third-order valence-corrected chi connectivity index (χ3v) is 3.99. The van der Waals surface area contributed by atoms with Crippen molar-refractivity contribution in [2.24, 2.45) is 11.3 Å². The molecule has 0 nitrogen and oxygen atoms in total. The summed E-state index contributed by atoms with van der Waals surface area (Å²) in [5.74, 6) is 0.953. The molecule has 0 saturated carbocycles. The van der Waals surface area contributed by atoms with Crippen molar-refractivity contribution in [3.8, 4) is 0 Å². The summed E-state index contributed by atoms with van der Waals surface area (Å²) in [4.78, 5) is 0. The lowest BCUT2D eigenvalue weighted by atomic mass is 9.80. The lowest BCUT2D eigenvalue weighted by molar-refractivity contribution is 0.253. The standard InChI is InChI=1S/C10H24Si/c1-7-9(8-11(5)6)10(2,3)4/h9,11H,7-8H2,1-6H3/t9-/m1/s1. The second-order valence-electron chi connectivity index (χ2n) is 5.10. The van der Waals surface area contributed by atoms with Crippen molar-refractivity contribution in [1.29, 1.82) is 0 Å². The molecule has 0 fully saturated rings. The minimum absolute atomic E-state index is 0.346. The van der Waals surface area contributed by atoms with Crippen molar-refractivity contribution in [3.05, 3.63) is 0 Å². The molecule has 0 N–H and O–H groups in total. The summed E-state index contributed by atoms with van der Waals surface area (Å²) in [5.41, 5.74) is 0.534. The highest BCUT2D eigenvalue weighted by Gasteiger charge is 2.23. The number of rotatable bonds is 3. The molecule has 0 heterocycles. The highest BCUT2D eigenvalue weighted by atomic mass is 28.3. The zero-order chi connectivity index (χ0) is 9.07. The fourth-order valence-corrected chi connectivity index (χ4v) is 3.88. The molecule has 0 aromatic rings. The van der Waals surface area contributed by atoms with E-state index in [4.69, 9.17) is 0 Å². The summed E-state index contributed by atoms with van der Waals surface area (Å²) in [5, 5.41) is 0. The maximum absolute atomic E-state index is 2.45. The Morgan fingerprint density at radius 1 is 1.18 bits per heavy atom. The smallest absolute Gasteiger partial charge is 0.0308 e. The Bertz CT molecular complexity index is 99.9. The van der Waals surface area contributed by atoms with Crippen molar-refractivity contribution in [3.63, 3.8) is 0 Å². The summed E-state index contributed by atoms with van der Waals surface area (Å²) in [6.45, 7) is 14.4. The van der Waals surface area contributed by atoms with Gasteiger partial charge in [0.1, 0.15) is 0 Å². The topological polar surface area (TPSA) is 0 Å². The first-order valence-corrected chi connectivity index (χ1v) is 8.00. The molecule has 0 unspecified atom stereocenters. The van der Waals surface area contributed by atoms with Gasteiger partial charge in [0.15, 0.2) is 0 Å². The minimum Gasteiger partial charge on any atom is -0.0722 e. The van der Waals surface area contributed by atoms with E-state index in [9.17, 15) is 0 Å². The number of hydrogen-bond acceptors (Lipinski definition) is 0. The molecule has 1 heteroatoms. The molecule has 0 bridgehead atoms. The van der Waals surface area contributed by atoms with Crippen LogP contribution in [0.1, 0.15) is 34.1 Å². The molecule has 0 saturated heterocycles. The maximum atomic E-state index is 2.45. The van der Waals surface area contributed by atoms with Crippen LogP contribution >= 0.6 is 0 Å². The second-order valence-corrected chi connectivity index (χ2v) is 8.36. The van der Waals surface area contributed by atoms with Gasteiger partial charge in [-0.2, -0.15) is 0 Å². The van der Waals surface area contributed by atoms with E-state index in [2.05, 4.69) is 40.8 Å². The van der Waals surface area contributed by atoms with Crippen LogP contribution in [0, 0.1) is 11.3 Å². The van der Waals surface area contributed by atoms with Gasteiger partial charge in [0, 0.05) is 8.80 Å². The van der Waals surface area contributed by atoms with E-state index < -0.39 is 0 Å². The van der Waals surface area contributed by atoms with Crippen LogP contribution in [0.4, 0.5) is 0 Å². The normalized spacial score (nSPS) is 15.5. The molecule has 0 rings (SSSR count). The Hall–Kier alpha value is 0.217. The predicted octanol–water partition coefficient (Wildman–Crippen LogP) is 3.55. The van der Waals surface area contributed by atoms with Gasteiger partial charge in [-0.25, -0.2) is 0 Å². The first kappa shape index (κ1) is 11.2. The van der Waals surface area contributed by atoms with Gasteiger partial charge in [-0.1, -0.05) is 53.3 Å². The van der Waals surface area contributed by atoms with Gasteiger partial charge in [0.25, 0.3) is 0 Å². The lowest BCUT2D eigenvalue weighted by Crippen LogP contribution is -2.23. The number of hydrogen-bond donors (Lipinski definition) is 0. The van der Waals surface area contributed by atoms with Crippen molar-refractivity contribution in [1.82, 2.24) is 0 Å². The fourth-order valence-electron chi connectivity index (χ4n) is 1.70. The van der Waals surface area contributed by atoms with E-state index >= 15 is 0 Å². The van der Waals surface area contributed by atoms with E-state index in [1.807, 2.05) is 0 Å². The molecule has 0 aliphatic heterocycles. The molecular weight excluding hydrogens is 148 g/mol. The SMILES string of the molecule is CC[C@H](C[SiH](C)C)C(C)(C)C. The molecule has 0 aromatic carbocycles. The zero-order valence-corrected chi connectivity index (χ0v) is 10.2. The predicted molar refractivity (Wildman–Crippen MR) is 56.9 cm³/mol. The Labute approximate surface area is 74.0 Å². The molecule has 0 amide bonds. The summed E-state index contributed by atoms with van der Waals surface area (Å²) in [6, 6.07) is 1.51. The van der Waals surface area contributed by atoms with Gasteiger partial charge in [0.05, 0.1) is 0 Å². The van der Waals surface area contributed by atoms with Crippen LogP contribution in [-0.2, 0) is 0 Å². The van der Waals surface area contributed by atoms with Gasteiger partial charge in [-0.15, -0.1) is 0 Å². The van der Waals surface area contributed by atoms with Gasteiger partial charge in [0.2, 0.25) is 0 Å². The highest BCUT2D eigenvalue weighted by molar-refractivity contribution is 6.55. The van der Waals surface area contributed by atoms with E-state index in [-0.39, 0.29) is 8.80 Å². The van der Waals surface area contributed by atoms with E-state index in [0.29, 0.717) is 5.41 Å². The molecule has 0 aromatic heterocycles. The zero-order valence-electron chi connectivity index (χ0n) is 9.07. The van der Waals surface area contributed by atoms with Gasteiger partial charge < -0.3 is 0 Å². The van der Waals surface area contributed by atoms with E-state index in [0.717, 1.165) is 5.92 Å². The molecule has 68 valence electrons. The molecule has 0 radical (unpaired) electrons. The van der Waals surface area contributed by atoms with E-state index in [1.54, 1.807) is 0 Å². The van der Waals surface area contributed by atoms with Gasteiger partial charge in [-0.05, 0) is 11.3 Å². The Morgan fingerprint density at radius 3 is 1.73 bits per heavy atom. The molecule has 0 aliphatic carbocycles. The van der Waals surface area contributed by atoms with Crippen LogP contribution in [-0.4, -0.2) is 8.80 Å². The summed E-state index contributed by atoms with van der Waals surface area (Å²) in [6.07, 6.45) is 1.36. The minimum atomic E-state index is -0.346. The van der Waals surface area contributed by atoms with Crippen LogP contribution in [0.15, 0.2) is 0 Å². The average Bonchev–Trinajstić information content (AvgIpc) is 1.79. The second kappa shape index (κ2) is 4.29. The van der Waals surface area contributed by atoms with Crippen LogP contribution in [0.25, 0.3) is 0 Å². The first-order valence-electron chi connectivity index (χ1n) is 4.88. The van der Waals surface area contributed by atoms with Crippen molar-refractivity contribution >= 4 is 8.80 Å². The molecule has 11 heavy (non-hydrogen) atoms. The molecule has 1 atom stereocenters. The third kappa shape index (κ3) is 4.62. The van der Waals surface area contributed by atoms with Crippen LogP contribution in [0.3, 0.4) is 0 Å². The van der Waals surface area contributed by atoms with E-state index in [1.165, 1.54) is 12.5 Å². The van der Waals surface area contributed by atoms with Crippen LogP contribution in [0.2, 0.25) is 19.1 Å². The van der Waals surface area contributed by atoms with Crippen molar-refractivity contribution in [2.75, 3.05) is 0 Å². The molecular formula is C10H24Si.